The van der Waals surface area contributed by atoms with E-state index < -0.39 is 0 Å². The molecule has 64 valence electrons. The van der Waals surface area contributed by atoms with Gasteiger partial charge in [-0.05, 0) is 24.3 Å². The second-order valence-electron chi connectivity index (χ2n) is 3.14. The van der Waals surface area contributed by atoms with Gasteiger partial charge in [-0.15, -0.1) is 22.9 Å². The number of hydrogen-bond donors (Lipinski definition) is 0. The molecule has 1 aliphatic rings. The maximum absolute atomic E-state index is 5.97. The number of allylic oxidation sites excluding steroid dienone is 2. The smallest absolute Gasteiger partial charge is 0.0521 e. The van der Waals surface area contributed by atoms with E-state index in [2.05, 4.69) is 23.6 Å². The number of alkyl halides is 1. The molecule has 0 bridgehead atoms. The number of rotatable bonds is 2. The number of thiophene rings is 1. The zero-order valence-corrected chi connectivity index (χ0v) is 8.37. The van der Waals surface area contributed by atoms with E-state index in [1.807, 2.05) is 11.3 Å². The fourth-order valence-electron chi connectivity index (χ4n) is 1.53. The van der Waals surface area contributed by atoms with Crippen LogP contribution in [0.15, 0.2) is 29.2 Å². The SMILES string of the molecule is ClC1C=C(Cc2cccs2)CC1. The maximum atomic E-state index is 5.97. The van der Waals surface area contributed by atoms with Gasteiger partial charge in [-0.3, -0.25) is 0 Å². The molecular weight excluding hydrogens is 188 g/mol. The van der Waals surface area contributed by atoms with Crippen molar-refractivity contribution in [3.63, 3.8) is 0 Å². The second kappa shape index (κ2) is 3.63. The van der Waals surface area contributed by atoms with Crippen LogP contribution in [0.2, 0.25) is 0 Å². The second-order valence-corrected chi connectivity index (χ2v) is 4.73. The molecule has 0 N–H and O–H groups in total. The standard InChI is InChI=1S/C10H11ClS/c11-9-4-3-8(6-9)7-10-2-1-5-12-10/h1-2,5-6,9H,3-4,7H2. The highest BCUT2D eigenvalue weighted by Gasteiger charge is 2.13. The van der Waals surface area contributed by atoms with Gasteiger partial charge in [0.2, 0.25) is 0 Å². The van der Waals surface area contributed by atoms with Crippen LogP contribution in [0.4, 0.5) is 0 Å². The van der Waals surface area contributed by atoms with E-state index in [4.69, 9.17) is 11.6 Å². The van der Waals surface area contributed by atoms with Gasteiger partial charge in [0, 0.05) is 11.3 Å². The molecule has 0 spiro atoms. The van der Waals surface area contributed by atoms with Crippen LogP contribution in [-0.2, 0) is 6.42 Å². The molecule has 0 fully saturated rings. The van der Waals surface area contributed by atoms with Crippen LogP contribution in [0.3, 0.4) is 0 Å². The maximum Gasteiger partial charge on any atom is 0.0521 e. The zero-order chi connectivity index (χ0) is 8.39. The Morgan fingerprint density at radius 2 is 2.50 bits per heavy atom. The predicted octanol–water partition coefficient (Wildman–Crippen LogP) is 3.62. The van der Waals surface area contributed by atoms with Crippen molar-refractivity contribution in [3.05, 3.63) is 34.0 Å². The first-order valence-electron chi connectivity index (χ1n) is 4.20. The van der Waals surface area contributed by atoms with Gasteiger partial charge >= 0.3 is 0 Å². The Morgan fingerprint density at radius 3 is 3.08 bits per heavy atom. The Labute approximate surface area is 81.9 Å². The summed E-state index contributed by atoms with van der Waals surface area (Å²) in [5, 5.41) is 2.42. The molecule has 12 heavy (non-hydrogen) atoms. The van der Waals surface area contributed by atoms with E-state index >= 15 is 0 Å². The third kappa shape index (κ3) is 1.90. The van der Waals surface area contributed by atoms with Gasteiger partial charge in [-0.25, -0.2) is 0 Å². The topological polar surface area (TPSA) is 0 Å². The molecule has 0 radical (unpaired) electrons. The highest BCUT2D eigenvalue weighted by atomic mass is 35.5. The summed E-state index contributed by atoms with van der Waals surface area (Å²) in [5.74, 6) is 0. The fraction of sp³-hybridized carbons (Fsp3) is 0.400. The van der Waals surface area contributed by atoms with Crippen molar-refractivity contribution in [2.24, 2.45) is 0 Å². The van der Waals surface area contributed by atoms with E-state index in [0.717, 1.165) is 12.8 Å². The van der Waals surface area contributed by atoms with E-state index in [9.17, 15) is 0 Å². The first-order chi connectivity index (χ1) is 5.84. The summed E-state index contributed by atoms with van der Waals surface area (Å²) in [7, 11) is 0. The summed E-state index contributed by atoms with van der Waals surface area (Å²) in [6, 6.07) is 4.29. The molecule has 0 nitrogen and oxygen atoms in total. The summed E-state index contributed by atoms with van der Waals surface area (Å²) in [6.07, 6.45) is 5.64. The Bertz CT molecular complexity index is 274. The van der Waals surface area contributed by atoms with Gasteiger partial charge in [0.15, 0.2) is 0 Å². The first-order valence-corrected chi connectivity index (χ1v) is 5.52. The summed E-state index contributed by atoms with van der Waals surface area (Å²) >= 11 is 7.80. The minimum atomic E-state index is 0.292. The van der Waals surface area contributed by atoms with E-state index in [0.29, 0.717) is 5.38 Å². The monoisotopic (exact) mass is 198 g/mol. The van der Waals surface area contributed by atoms with Crippen molar-refractivity contribution >= 4 is 22.9 Å². The quantitative estimate of drug-likeness (QED) is 0.503. The molecule has 1 aliphatic carbocycles. The minimum absolute atomic E-state index is 0.292. The van der Waals surface area contributed by atoms with Crippen molar-refractivity contribution in [3.8, 4) is 0 Å². The Morgan fingerprint density at radius 1 is 1.58 bits per heavy atom. The molecule has 1 aromatic heterocycles. The molecule has 0 saturated heterocycles. The highest BCUT2D eigenvalue weighted by Crippen LogP contribution is 2.26. The lowest BCUT2D eigenvalue weighted by molar-refractivity contribution is 0.895. The molecular formula is C10H11ClS. The van der Waals surface area contributed by atoms with Gasteiger partial charge < -0.3 is 0 Å². The molecule has 1 atom stereocenters. The molecule has 1 aromatic rings. The Kier molecular flexibility index (Phi) is 2.52. The summed E-state index contributed by atoms with van der Waals surface area (Å²) in [6.45, 7) is 0. The van der Waals surface area contributed by atoms with Gasteiger partial charge in [0.1, 0.15) is 0 Å². The van der Waals surface area contributed by atoms with E-state index in [1.54, 1.807) is 0 Å². The molecule has 0 saturated carbocycles. The lowest BCUT2D eigenvalue weighted by atomic mass is 10.1. The largest absolute Gasteiger partial charge is 0.149 e. The molecule has 1 heterocycles. The van der Waals surface area contributed by atoms with Crippen LogP contribution >= 0.6 is 22.9 Å². The number of halogens is 1. The molecule has 1 unspecified atom stereocenters. The predicted molar refractivity (Wildman–Crippen MR) is 55.0 cm³/mol. The van der Waals surface area contributed by atoms with E-state index in [-0.39, 0.29) is 0 Å². The van der Waals surface area contributed by atoms with Crippen molar-refractivity contribution in [2.75, 3.05) is 0 Å². The molecule has 0 aliphatic heterocycles. The molecule has 2 heteroatoms. The van der Waals surface area contributed by atoms with E-state index in [1.165, 1.54) is 16.9 Å². The molecule has 2 rings (SSSR count). The van der Waals surface area contributed by atoms with Crippen molar-refractivity contribution < 1.29 is 0 Å². The summed E-state index contributed by atoms with van der Waals surface area (Å²) in [5.41, 5.74) is 1.51. The normalized spacial score (nSPS) is 22.8. The van der Waals surface area contributed by atoms with Crippen LogP contribution in [0.25, 0.3) is 0 Å². The van der Waals surface area contributed by atoms with Crippen LogP contribution in [-0.4, -0.2) is 5.38 Å². The minimum Gasteiger partial charge on any atom is -0.149 e. The third-order valence-corrected chi connectivity index (χ3v) is 3.36. The average molecular weight is 199 g/mol. The molecule has 0 aromatic carbocycles. The van der Waals surface area contributed by atoms with Crippen LogP contribution < -0.4 is 0 Å². The van der Waals surface area contributed by atoms with Crippen LogP contribution in [0.1, 0.15) is 17.7 Å². The zero-order valence-electron chi connectivity index (χ0n) is 6.79. The average Bonchev–Trinajstić information content (AvgIpc) is 2.63. The Balaban J connectivity index is 2.00. The lowest BCUT2D eigenvalue weighted by Gasteiger charge is -1.96. The van der Waals surface area contributed by atoms with Gasteiger partial charge in [-0.2, -0.15) is 0 Å². The third-order valence-electron chi connectivity index (χ3n) is 2.14. The fourth-order valence-corrected chi connectivity index (χ4v) is 2.58. The molecule has 0 amide bonds. The lowest BCUT2D eigenvalue weighted by Crippen LogP contribution is -1.82. The summed E-state index contributed by atoms with van der Waals surface area (Å²) in [4.78, 5) is 1.45. The Hall–Kier alpha value is -0.270. The van der Waals surface area contributed by atoms with Gasteiger partial charge in [0.05, 0.1) is 5.38 Å². The van der Waals surface area contributed by atoms with Crippen LogP contribution in [0, 0.1) is 0 Å². The van der Waals surface area contributed by atoms with Crippen molar-refractivity contribution in [2.45, 2.75) is 24.6 Å². The summed E-state index contributed by atoms with van der Waals surface area (Å²) < 4.78 is 0. The van der Waals surface area contributed by atoms with Gasteiger partial charge in [0.25, 0.3) is 0 Å². The highest BCUT2D eigenvalue weighted by molar-refractivity contribution is 7.09. The first kappa shape index (κ1) is 8.33. The number of hydrogen-bond acceptors (Lipinski definition) is 1. The van der Waals surface area contributed by atoms with Crippen molar-refractivity contribution in [1.82, 2.24) is 0 Å². The van der Waals surface area contributed by atoms with Crippen molar-refractivity contribution in [1.29, 1.82) is 0 Å². The van der Waals surface area contributed by atoms with Crippen LogP contribution in [0.5, 0.6) is 0 Å². The van der Waals surface area contributed by atoms with Gasteiger partial charge in [-0.1, -0.05) is 17.7 Å².